The first-order chi connectivity index (χ1) is 7.99. The minimum absolute atomic E-state index is 0.0969. The van der Waals surface area contributed by atoms with Crippen LogP contribution >= 0.6 is 38.9 Å². The molecular weight excluding hydrogens is 318 g/mol. The lowest BCUT2D eigenvalue weighted by Crippen LogP contribution is -2.11. The Balaban J connectivity index is 2.43. The van der Waals surface area contributed by atoms with Gasteiger partial charge in [0.15, 0.2) is 0 Å². The maximum Gasteiger partial charge on any atom is 0.0659 e. The van der Waals surface area contributed by atoms with E-state index < -0.39 is 0 Å². The fourth-order valence-corrected chi connectivity index (χ4v) is 3.85. The molecule has 1 atom stereocenters. The van der Waals surface area contributed by atoms with Gasteiger partial charge in [0.1, 0.15) is 0 Å². The molecule has 0 bridgehead atoms. The van der Waals surface area contributed by atoms with Gasteiger partial charge in [-0.2, -0.15) is 0 Å². The van der Waals surface area contributed by atoms with Gasteiger partial charge >= 0.3 is 0 Å². The molecule has 1 heterocycles. The van der Waals surface area contributed by atoms with Gasteiger partial charge in [0.2, 0.25) is 0 Å². The molecule has 17 heavy (non-hydrogen) atoms. The molecule has 0 aliphatic heterocycles. The number of halogens is 2. The third-order valence-electron chi connectivity index (χ3n) is 2.66. The molecule has 2 N–H and O–H groups in total. The second-order valence-corrected chi connectivity index (χ2v) is 6.63. The molecule has 0 aliphatic carbocycles. The summed E-state index contributed by atoms with van der Waals surface area (Å²) >= 11 is 11.2. The monoisotopic (exact) mass is 329 g/mol. The normalized spacial score (nSPS) is 12.8. The summed E-state index contributed by atoms with van der Waals surface area (Å²) in [4.78, 5) is 2.50. The third kappa shape index (κ3) is 2.74. The van der Waals surface area contributed by atoms with Crippen molar-refractivity contribution in [2.24, 2.45) is 5.73 Å². The Morgan fingerprint density at radius 3 is 2.53 bits per heavy atom. The Kier molecular flexibility index (Phi) is 3.93. The molecule has 0 radical (unpaired) electrons. The van der Waals surface area contributed by atoms with Crippen molar-refractivity contribution in [2.75, 3.05) is 0 Å². The number of rotatable bonds is 2. The summed E-state index contributed by atoms with van der Waals surface area (Å²) in [7, 11) is 0. The van der Waals surface area contributed by atoms with E-state index in [1.807, 2.05) is 18.2 Å². The van der Waals surface area contributed by atoms with E-state index >= 15 is 0 Å². The average molecular weight is 331 g/mol. The smallest absolute Gasteiger partial charge is 0.0659 e. The molecule has 0 spiro atoms. The third-order valence-corrected chi connectivity index (χ3v) is 4.82. The molecule has 1 aromatic heterocycles. The Morgan fingerprint density at radius 2 is 2.00 bits per heavy atom. The van der Waals surface area contributed by atoms with Gasteiger partial charge in [-0.3, -0.25) is 0 Å². The van der Waals surface area contributed by atoms with Crippen LogP contribution in [0.3, 0.4) is 0 Å². The standard InChI is InChI=1S/C13H13BrClNS/c1-7-5-8(2)17-13(7)12(16)10-4-3-9(15)6-11(10)14/h3-6,12H,16H2,1-2H3. The van der Waals surface area contributed by atoms with Crippen LogP contribution in [0.15, 0.2) is 28.7 Å². The van der Waals surface area contributed by atoms with E-state index in [1.54, 1.807) is 11.3 Å². The van der Waals surface area contributed by atoms with E-state index in [0.717, 1.165) is 10.0 Å². The zero-order valence-electron chi connectivity index (χ0n) is 9.63. The molecule has 0 saturated heterocycles. The van der Waals surface area contributed by atoms with Crippen molar-refractivity contribution in [2.45, 2.75) is 19.9 Å². The van der Waals surface area contributed by atoms with Crippen LogP contribution < -0.4 is 5.73 Å². The Morgan fingerprint density at radius 1 is 1.29 bits per heavy atom. The Bertz CT molecular complexity index is 550. The van der Waals surface area contributed by atoms with Crippen LogP contribution in [-0.2, 0) is 0 Å². The fraction of sp³-hybridized carbons (Fsp3) is 0.231. The molecule has 0 aliphatic rings. The van der Waals surface area contributed by atoms with Crippen molar-refractivity contribution in [1.82, 2.24) is 0 Å². The summed E-state index contributed by atoms with van der Waals surface area (Å²) in [6.07, 6.45) is 0. The first-order valence-electron chi connectivity index (χ1n) is 5.26. The van der Waals surface area contributed by atoms with E-state index in [9.17, 15) is 0 Å². The lowest BCUT2D eigenvalue weighted by molar-refractivity contribution is 0.879. The molecule has 2 aromatic rings. The number of hydrogen-bond acceptors (Lipinski definition) is 2. The number of aryl methyl sites for hydroxylation is 2. The first-order valence-corrected chi connectivity index (χ1v) is 7.25. The summed E-state index contributed by atoms with van der Waals surface area (Å²) in [5.74, 6) is 0. The van der Waals surface area contributed by atoms with Gasteiger partial charge in [-0.05, 0) is 43.2 Å². The van der Waals surface area contributed by atoms with Crippen molar-refractivity contribution in [3.8, 4) is 0 Å². The molecule has 1 aromatic carbocycles. The van der Waals surface area contributed by atoms with Crippen LogP contribution in [-0.4, -0.2) is 0 Å². The molecular formula is C13H13BrClNS. The second kappa shape index (κ2) is 5.11. The van der Waals surface area contributed by atoms with E-state index in [-0.39, 0.29) is 6.04 Å². The minimum atomic E-state index is -0.0969. The SMILES string of the molecule is Cc1cc(C)c(C(N)c2ccc(Cl)cc2Br)s1. The predicted molar refractivity (Wildman–Crippen MR) is 79.0 cm³/mol. The average Bonchev–Trinajstić information content (AvgIpc) is 2.57. The van der Waals surface area contributed by atoms with Crippen molar-refractivity contribution < 1.29 is 0 Å². The van der Waals surface area contributed by atoms with Crippen LogP contribution in [0, 0.1) is 13.8 Å². The second-order valence-electron chi connectivity index (χ2n) is 4.05. The number of thiophene rings is 1. The highest BCUT2D eigenvalue weighted by Crippen LogP contribution is 2.34. The van der Waals surface area contributed by atoms with Gasteiger partial charge in [0.05, 0.1) is 6.04 Å². The van der Waals surface area contributed by atoms with Crippen LogP contribution in [0.4, 0.5) is 0 Å². The van der Waals surface area contributed by atoms with Crippen molar-refractivity contribution in [3.63, 3.8) is 0 Å². The number of benzene rings is 1. The van der Waals surface area contributed by atoms with Gasteiger partial charge in [0, 0.05) is 19.2 Å². The van der Waals surface area contributed by atoms with Gasteiger partial charge in [0.25, 0.3) is 0 Å². The number of hydrogen-bond donors (Lipinski definition) is 1. The first kappa shape index (κ1) is 13.1. The molecule has 1 unspecified atom stereocenters. The fourth-order valence-electron chi connectivity index (χ4n) is 1.86. The van der Waals surface area contributed by atoms with Crippen LogP contribution in [0.1, 0.15) is 26.9 Å². The van der Waals surface area contributed by atoms with Gasteiger partial charge in [-0.1, -0.05) is 33.6 Å². The highest BCUT2D eigenvalue weighted by atomic mass is 79.9. The maximum absolute atomic E-state index is 6.32. The molecule has 0 amide bonds. The lowest BCUT2D eigenvalue weighted by Gasteiger charge is -2.13. The van der Waals surface area contributed by atoms with Crippen LogP contribution in [0.2, 0.25) is 5.02 Å². The zero-order chi connectivity index (χ0) is 12.6. The molecule has 0 saturated carbocycles. The molecule has 4 heteroatoms. The van der Waals surface area contributed by atoms with Crippen LogP contribution in [0.25, 0.3) is 0 Å². The van der Waals surface area contributed by atoms with Crippen molar-refractivity contribution >= 4 is 38.9 Å². The summed E-state index contributed by atoms with van der Waals surface area (Å²) in [5, 5.41) is 0.715. The van der Waals surface area contributed by atoms with E-state index in [0.29, 0.717) is 5.02 Å². The molecule has 2 rings (SSSR count). The van der Waals surface area contributed by atoms with E-state index in [2.05, 4.69) is 35.8 Å². The van der Waals surface area contributed by atoms with Crippen molar-refractivity contribution in [1.29, 1.82) is 0 Å². The Labute approximate surface area is 119 Å². The van der Waals surface area contributed by atoms with E-state index in [4.69, 9.17) is 17.3 Å². The molecule has 1 nitrogen and oxygen atoms in total. The zero-order valence-corrected chi connectivity index (χ0v) is 12.8. The van der Waals surface area contributed by atoms with E-state index in [1.165, 1.54) is 15.3 Å². The largest absolute Gasteiger partial charge is 0.320 e. The minimum Gasteiger partial charge on any atom is -0.320 e. The van der Waals surface area contributed by atoms with Crippen LogP contribution in [0.5, 0.6) is 0 Å². The highest BCUT2D eigenvalue weighted by Gasteiger charge is 2.16. The highest BCUT2D eigenvalue weighted by molar-refractivity contribution is 9.10. The van der Waals surface area contributed by atoms with Gasteiger partial charge in [-0.25, -0.2) is 0 Å². The summed E-state index contributed by atoms with van der Waals surface area (Å²) < 4.78 is 0.961. The van der Waals surface area contributed by atoms with Crippen molar-refractivity contribution in [3.05, 3.63) is 54.6 Å². The Hall–Kier alpha value is -0.350. The summed E-state index contributed by atoms with van der Waals surface area (Å²) in [6, 6.07) is 7.80. The number of nitrogens with two attached hydrogens (primary N) is 1. The topological polar surface area (TPSA) is 26.0 Å². The van der Waals surface area contributed by atoms with Gasteiger partial charge < -0.3 is 5.73 Å². The summed E-state index contributed by atoms with van der Waals surface area (Å²) in [5.41, 5.74) is 8.64. The predicted octanol–water partition coefficient (Wildman–Crippen LogP) is 4.83. The quantitative estimate of drug-likeness (QED) is 0.838. The lowest BCUT2D eigenvalue weighted by atomic mass is 10.0. The molecule has 0 fully saturated rings. The summed E-state index contributed by atoms with van der Waals surface area (Å²) in [6.45, 7) is 4.20. The van der Waals surface area contributed by atoms with Gasteiger partial charge in [-0.15, -0.1) is 11.3 Å². The maximum atomic E-state index is 6.32. The molecule has 90 valence electrons.